The molecule has 11 heavy (non-hydrogen) atoms. The number of ketones is 1. The van der Waals surface area contributed by atoms with Crippen LogP contribution in [0.1, 0.15) is 45.4 Å². The summed E-state index contributed by atoms with van der Waals surface area (Å²) < 4.78 is 0. The van der Waals surface area contributed by atoms with Gasteiger partial charge < -0.3 is 0 Å². The number of hydrogen-bond donors (Lipinski definition) is 0. The zero-order chi connectivity index (χ0) is 7.90. The maximum absolute atomic E-state index is 11.5. The molecule has 0 bridgehead atoms. The second-order valence-electron chi connectivity index (χ2n) is 4.42. The Morgan fingerprint density at radius 1 is 1.36 bits per heavy atom. The lowest BCUT2D eigenvalue weighted by Gasteiger charge is -2.34. The molecule has 2 rings (SSSR count). The van der Waals surface area contributed by atoms with Gasteiger partial charge in [-0.3, -0.25) is 4.79 Å². The van der Waals surface area contributed by atoms with E-state index in [1.807, 2.05) is 0 Å². The SMILES string of the molecule is C[C@]12CCCC(=O)[C@H]1CCC2. The highest BCUT2D eigenvalue weighted by molar-refractivity contribution is 5.82. The number of Topliss-reactive ketones (excluding diaryl/α,β-unsaturated/α-hetero) is 1. The van der Waals surface area contributed by atoms with Gasteiger partial charge in [-0.1, -0.05) is 13.3 Å². The van der Waals surface area contributed by atoms with Crippen LogP contribution < -0.4 is 0 Å². The fourth-order valence-electron chi connectivity index (χ4n) is 2.92. The molecule has 0 unspecified atom stereocenters. The third kappa shape index (κ3) is 1.02. The first-order valence-electron chi connectivity index (χ1n) is 4.75. The van der Waals surface area contributed by atoms with Crippen molar-refractivity contribution in [3.63, 3.8) is 0 Å². The topological polar surface area (TPSA) is 17.1 Å². The Bertz CT molecular complexity index is 185. The van der Waals surface area contributed by atoms with E-state index in [1.54, 1.807) is 0 Å². The fraction of sp³-hybridized carbons (Fsp3) is 0.900. The fourth-order valence-corrected chi connectivity index (χ4v) is 2.92. The van der Waals surface area contributed by atoms with Gasteiger partial charge in [-0.05, 0) is 31.1 Å². The Kier molecular flexibility index (Phi) is 1.55. The summed E-state index contributed by atoms with van der Waals surface area (Å²) in [6.45, 7) is 2.31. The van der Waals surface area contributed by atoms with Crippen molar-refractivity contribution in [3.05, 3.63) is 0 Å². The van der Waals surface area contributed by atoms with Crippen LogP contribution in [0, 0.1) is 11.3 Å². The third-order valence-electron chi connectivity index (χ3n) is 3.64. The zero-order valence-corrected chi connectivity index (χ0v) is 7.23. The maximum Gasteiger partial charge on any atom is 0.136 e. The molecular weight excluding hydrogens is 136 g/mol. The van der Waals surface area contributed by atoms with E-state index in [0.717, 1.165) is 12.8 Å². The van der Waals surface area contributed by atoms with Crippen molar-refractivity contribution in [2.24, 2.45) is 11.3 Å². The average Bonchev–Trinajstić information content (AvgIpc) is 2.31. The largest absolute Gasteiger partial charge is 0.299 e. The zero-order valence-electron chi connectivity index (χ0n) is 7.23. The molecule has 0 radical (unpaired) electrons. The summed E-state index contributed by atoms with van der Waals surface area (Å²) in [5.74, 6) is 0.993. The molecule has 2 fully saturated rings. The first kappa shape index (κ1) is 7.33. The Balaban J connectivity index is 2.22. The molecule has 0 aromatic carbocycles. The monoisotopic (exact) mass is 152 g/mol. The van der Waals surface area contributed by atoms with Gasteiger partial charge in [-0.2, -0.15) is 0 Å². The summed E-state index contributed by atoms with van der Waals surface area (Å²) in [7, 11) is 0. The second-order valence-corrected chi connectivity index (χ2v) is 4.42. The van der Waals surface area contributed by atoms with Crippen molar-refractivity contribution in [1.29, 1.82) is 0 Å². The van der Waals surface area contributed by atoms with Crippen molar-refractivity contribution in [2.75, 3.05) is 0 Å². The molecule has 1 heteroatoms. The molecule has 2 aliphatic rings. The van der Waals surface area contributed by atoms with Gasteiger partial charge in [0.2, 0.25) is 0 Å². The van der Waals surface area contributed by atoms with Crippen molar-refractivity contribution in [2.45, 2.75) is 45.4 Å². The van der Waals surface area contributed by atoms with Crippen LogP contribution in [0.25, 0.3) is 0 Å². The summed E-state index contributed by atoms with van der Waals surface area (Å²) in [4.78, 5) is 11.5. The Morgan fingerprint density at radius 2 is 2.09 bits per heavy atom. The lowest BCUT2D eigenvalue weighted by molar-refractivity contribution is -0.128. The van der Waals surface area contributed by atoms with Crippen molar-refractivity contribution in [1.82, 2.24) is 0 Å². The van der Waals surface area contributed by atoms with Gasteiger partial charge in [0.15, 0.2) is 0 Å². The minimum Gasteiger partial charge on any atom is -0.299 e. The average molecular weight is 152 g/mol. The van der Waals surface area contributed by atoms with Crippen molar-refractivity contribution < 1.29 is 4.79 Å². The van der Waals surface area contributed by atoms with Crippen LogP contribution in [-0.2, 0) is 4.79 Å². The van der Waals surface area contributed by atoms with Crippen LogP contribution in [-0.4, -0.2) is 5.78 Å². The van der Waals surface area contributed by atoms with E-state index >= 15 is 0 Å². The molecule has 0 N–H and O–H groups in total. The van der Waals surface area contributed by atoms with Crippen LogP contribution >= 0.6 is 0 Å². The quantitative estimate of drug-likeness (QED) is 0.521. The van der Waals surface area contributed by atoms with Crippen LogP contribution in [0.3, 0.4) is 0 Å². The molecule has 62 valence electrons. The van der Waals surface area contributed by atoms with Crippen LogP contribution in [0.2, 0.25) is 0 Å². The highest BCUT2D eigenvalue weighted by Gasteiger charge is 2.44. The first-order chi connectivity index (χ1) is 5.22. The Morgan fingerprint density at radius 3 is 2.82 bits per heavy atom. The molecule has 2 atom stereocenters. The van der Waals surface area contributed by atoms with E-state index in [2.05, 4.69) is 6.92 Å². The number of rotatable bonds is 0. The molecule has 2 saturated carbocycles. The molecule has 1 nitrogen and oxygen atoms in total. The summed E-state index contributed by atoms with van der Waals surface area (Å²) in [6.07, 6.45) is 7.06. The smallest absolute Gasteiger partial charge is 0.136 e. The number of carbonyl (C=O) groups is 1. The molecular formula is C10H16O. The van der Waals surface area contributed by atoms with Crippen LogP contribution in [0.5, 0.6) is 0 Å². The summed E-state index contributed by atoms with van der Waals surface area (Å²) in [6, 6.07) is 0. The van der Waals surface area contributed by atoms with Gasteiger partial charge in [0.25, 0.3) is 0 Å². The Labute approximate surface area is 68.2 Å². The van der Waals surface area contributed by atoms with Crippen LogP contribution in [0.4, 0.5) is 0 Å². The summed E-state index contributed by atoms with van der Waals surface area (Å²) >= 11 is 0. The predicted molar refractivity (Wildman–Crippen MR) is 44.3 cm³/mol. The maximum atomic E-state index is 11.5. The lowest BCUT2D eigenvalue weighted by atomic mass is 9.69. The van der Waals surface area contributed by atoms with E-state index in [4.69, 9.17) is 0 Å². The van der Waals surface area contributed by atoms with E-state index in [9.17, 15) is 4.79 Å². The van der Waals surface area contributed by atoms with E-state index < -0.39 is 0 Å². The van der Waals surface area contributed by atoms with E-state index in [-0.39, 0.29) is 0 Å². The molecule has 0 heterocycles. The standard InChI is InChI=1S/C10H16O/c1-10-6-2-4-8(10)9(11)5-3-7-10/h8H,2-7H2,1H3/t8-,10+/m1/s1. The van der Waals surface area contributed by atoms with Gasteiger partial charge in [0, 0.05) is 12.3 Å². The van der Waals surface area contributed by atoms with Crippen LogP contribution in [0.15, 0.2) is 0 Å². The highest BCUT2D eigenvalue weighted by atomic mass is 16.1. The summed E-state index contributed by atoms with van der Waals surface area (Å²) in [5.41, 5.74) is 0.412. The van der Waals surface area contributed by atoms with Crippen molar-refractivity contribution in [3.8, 4) is 0 Å². The molecule has 0 saturated heterocycles. The molecule has 0 aliphatic heterocycles. The van der Waals surface area contributed by atoms with E-state index in [1.165, 1.54) is 25.7 Å². The lowest BCUT2D eigenvalue weighted by Crippen LogP contribution is -2.32. The molecule has 0 amide bonds. The van der Waals surface area contributed by atoms with Gasteiger partial charge in [0.05, 0.1) is 0 Å². The number of carbonyl (C=O) groups excluding carboxylic acids is 1. The van der Waals surface area contributed by atoms with Gasteiger partial charge in [-0.25, -0.2) is 0 Å². The molecule has 0 aromatic rings. The molecule has 2 aliphatic carbocycles. The van der Waals surface area contributed by atoms with Crippen molar-refractivity contribution >= 4 is 5.78 Å². The minimum absolute atomic E-state index is 0.412. The normalized spacial score (nSPS) is 44.1. The second kappa shape index (κ2) is 2.33. The number of fused-ring (bicyclic) bond motifs is 1. The predicted octanol–water partition coefficient (Wildman–Crippen LogP) is 2.55. The highest BCUT2D eigenvalue weighted by Crippen LogP contribution is 2.50. The van der Waals surface area contributed by atoms with Gasteiger partial charge in [0.1, 0.15) is 5.78 Å². The summed E-state index contributed by atoms with van der Waals surface area (Å²) in [5, 5.41) is 0. The van der Waals surface area contributed by atoms with E-state index in [0.29, 0.717) is 17.1 Å². The van der Waals surface area contributed by atoms with Gasteiger partial charge >= 0.3 is 0 Å². The third-order valence-corrected chi connectivity index (χ3v) is 3.64. The number of hydrogen-bond acceptors (Lipinski definition) is 1. The Hall–Kier alpha value is -0.330. The molecule has 0 spiro atoms. The van der Waals surface area contributed by atoms with Gasteiger partial charge in [-0.15, -0.1) is 0 Å². The molecule has 0 aromatic heterocycles. The first-order valence-corrected chi connectivity index (χ1v) is 4.75. The minimum atomic E-state index is 0.412.